The number of carbonyl (C=O) groups excluding carboxylic acids is 1. The highest BCUT2D eigenvalue weighted by Crippen LogP contribution is 2.27. The molecule has 0 unspecified atom stereocenters. The number of aliphatic hydroxyl groups excluding tert-OH is 3. The molecule has 0 spiro atoms. The summed E-state index contributed by atoms with van der Waals surface area (Å²) in [4.78, 5) is 21.3. The smallest absolute Gasteiger partial charge is 0.331 e. The van der Waals surface area contributed by atoms with Gasteiger partial charge in [0.05, 0.1) is 18.6 Å². The lowest BCUT2D eigenvalue weighted by molar-refractivity contribution is -0.384. The highest BCUT2D eigenvalue weighted by atomic mass is 16.7. The van der Waals surface area contributed by atoms with Crippen molar-refractivity contribution in [2.24, 2.45) is 0 Å². The lowest BCUT2D eigenvalue weighted by atomic mass is 9.99. The van der Waals surface area contributed by atoms with E-state index in [1.54, 1.807) is 0 Å². The summed E-state index contributed by atoms with van der Waals surface area (Å²) in [6.07, 6.45) is -6.70. The normalized spacial score (nSPS) is 28.4. The lowest BCUT2D eigenvalue weighted by Crippen LogP contribution is -2.61. The van der Waals surface area contributed by atoms with Crippen LogP contribution in [-0.4, -0.2) is 77.2 Å². The predicted octanol–water partition coefficient (Wildman–Crippen LogP) is -1.03. The maximum absolute atomic E-state index is 11.2. The summed E-state index contributed by atoms with van der Waals surface area (Å²) >= 11 is 0. The molecule has 1 aliphatic rings. The third-order valence-electron chi connectivity index (χ3n) is 3.74. The Hall–Kier alpha value is -2.31. The van der Waals surface area contributed by atoms with Gasteiger partial charge in [-0.15, -0.1) is 0 Å². The molecule has 0 bridgehead atoms. The van der Waals surface area contributed by atoms with Crippen LogP contribution in [0.15, 0.2) is 24.3 Å². The van der Waals surface area contributed by atoms with E-state index in [-0.39, 0.29) is 11.4 Å². The first-order chi connectivity index (χ1) is 12.4. The first-order valence-corrected chi connectivity index (χ1v) is 7.59. The monoisotopic (exact) mass is 373 g/mol. The molecule has 0 radical (unpaired) electrons. The predicted molar refractivity (Wildman–Crippen MR) is 83.2 cm³/mol. The molecule has 1 aromatic carbocycles. The number of ether oxygens (including phenoxy) is 4. The Kier molecular flexibility index (Phi) is 6.83. The Morgan fingerprint density at radius 3 is 2.46 bits per heavy atom. The number of nitro benzene ring substituents is 1. The fraction of sp³-hybridized carbons (Fsp3) is 0.533. The summed E-state index contributed by atoms with van der Waals surface area (Å²) < 4.78 is 20.3. The zero-order chi connectivity index (χ0) is 19.3. The maximum Gasteiger partial charge on any atom is 0.331 e. The molecule has 2 rings (SSSR count). The average molecular weight is 373 g/mol. The Morgan fingerprint density at radius 1 is 1.27 bits per heavy atom. The van der Waals surface area contributed by atoms with E-state index in [9.17, 15) is 30.2 Å². The molecule has 11 heteroatoms. The highest BCUT2D eigenvalue weighted by Gasteiger charge is 2.46. The van der Waals surface area contributed by atoms with Crippen molar-refractivity contribution < 1.29 is 44.0 Å². The Balaban J connectivity index is 2.10. The summed E-state index contributed by atoms with van der Waals surface area (Å²) in [7, 11) is 1.15. The molecule has 0 saturated carbocycles. The molecule has 1 saturated heterocycles. The van der Waals surface area contributed by atoms with Gasteiger partial charge in [-0.3, -0.25) is 10.1 Å². The molecule has 0 aliphatic carbocycles. The molecule has 11 nitrogen and oxygen atoms in total. The van der Waals surface area contributed by atoms with Gasteiger partial charge in [-0.1, -0.05) is 0 Å². The van der Waals surface area contributed by atoms with Crippen LogP contribution in [0, 0.1) is 10.1 Å². The van der Waals surface area contributed by atoms with E-state index in [0.29, 0.717) is 0 Å². The third-order valence-corrected chi connectivity index (χ3v) is 3.74. The van der Waals surface area contributed by atoms with Crippen molar-refractivity contribution in [1.82, 2.24) is 0 Å². The van der Waals surface area contributed by atoms with Crippen molar-refractivity contribution in [2.75, 3.05) is 20.3 Å². The lowest BCUT2D eigenvalue weighted by Gasteiger charge is -2.41. The SMILES string of the molecule is COC(=O)CO[C@H]1[C@@H](O)[C@@H](CO)O[C@@H](Oc2ccc([N+](=O)[O-])cc2)[C@@H]1O. The second kappa shape index (κ2) is 8.87. The number of hydrogen-bond acceptors (Lipinski definition) is 10. The summed E-state index contributed by atoms with van der Waals surface area (Å²) in [5.41, 5.74) is -0.148. The van der Waals surface area contributed by atoms with Gasteiger partial charge in [0.25, 0.3) is 5.69 Å². The van der Waals surface area contributed by atoms with E-state index in [0.717, 1.165) is 7.11 Å². The summed E-state index contributed by atoms with van der Waals surface area (Å²) in [6.45, 7) is -1.12. The van der Waals surface area contributed by atoms with Gasteiger partial charge >= 0.3 is 5.97 Å². The summed E-state index contributed by atoms with van der Waals surface area (Å²) in [6, 6.07) is 5.01. The topological polar surface area (TPSA) is 158 Å². The number of nitrogens with zero attached hydrogens (tertiary/aromatic N) is 1. The van der Waals surface area contributed by atoms with Crippen molar-refractivity contribution in [3.63, 3.8) is 0 Å². The van der Waals surface area contributed by atoms with Crippen LogP contribution in [0.5, 0.6) is 5.75 Å². The van der Waals surface area contributed by atoms with E-state index >= 15 is 0 Å². The Bertz CT molecular complexity index is 621. The zero-order valence-electron chi connectivity index (χ0n) is 13.8. The minimum Gasteiger partial charge on any atom is -0.467 e. The molecule has 1 heterocycles. The van der Waals surface area contributed by atoms with Crippen molar-refractivity contribution in [3.05, 3.63) is 34.4 Å². The zero-order valence-corrected chi connectivity index (χ0v) is 13.8. The van der Waals surface area contributed by atoms with Gasteiger partial charge in [0, 0.05) is 12.1 Å². The van der Waals surface area contributed by atoms with Gasteiger partial charge in [-0.25, -0.2) is 4.79 Å². The van der Waals surface area contributed by atoms with Crippen LogP contribution >= 0.6 is 0 Å². The summed E-state index contributed by atoms with van der Waals surface area (Å²) in [5.74, 6) is -0.566. The molecular formula is C15H19NO10. The highest BCUT2D eigenvalue weighted by molar-refractivity contribution is 5.70. The van der Waals surface area contributed by atoms with Crippen LogP contribution < -0.4 is 4.74 Å². The van der Waals surface area contributed by atoms with Crippen molar-refractivity contribution in [2.45, 2.75) is 30.7 Å². The number of hydrogen-bond donors (Lipinski definition) is 3. The first kappa shape index (κ1) is 20.0. The number of benzene rings is 1. The number of aliphatic hydroxyl groups is 3. The molecule has 26 heavy (non-hydrogen) atoms. The van der Waals surface area contributed by atoms with Gasteiger partial charge in [0.2, 0.25) is 6.29 Å². The van der Waals surface area contributed by atoms with Crippen molar-refractivity contribution in [3.8, 4) is 5.75 Å². The van der Waals surface area contributed by atoms with Gasteiger partial charge in [0.15, 0.2) is 0 Å². The molecule has 0 amide bonds. The number of carbonyl (C=O) groups is 1. The second-order valence-electron chi connectivity index (χ2n) is 5.43. The number of methoxy groups -OCH3 is 1. The minimum absolute atomic E-state index is 0.148. The molecule has 3 N–H and O–H groups in total. The number of non-ortho nitro benzene ring substituents is 1. The molecule has 0 aromatic heterocycles. The van der Waals surface area contributed by atoms with Gasteiger partial charge in [-0.05, 0) is 12.1 Å². The van der Waals surface area contributed by atoms with Crippen LogP contribution in [0.2, 0.25) is 0 Å². The number of nitro groups is 1. The van der Waals surface area contributed by atoms with Crippen LogP contribution in [0.4, 0.5) is 5.69 Å². The standard InChI is InChI=1S/C15H19NO10/c1-23-11(18)7-24-14-12(19)10(6-17)26-15(13(14)20)25-9-4-2-8(3-5-9)16(21)22/h2-5,10,12-15,17,19-20H,6-7H2,1H3/t10-,12+,13-,14+,15-/m1/s1. The minimum atomic E-state index is -1.51. The van der Waals surface area contributed by atoms with Crippen LogP contribution in [0.25, 0.3) is 0 Å². The summed E-state index contributed by atoms with van der Waals surface area (Å²) in [5, 5.41) is 40.4. The van der Waals surface area contributed by atoms with E-state index in [4.69, 9.17) is 14.2 Å². The van der Waals surface area contributed by atoms with Gasteiger partial charge in [-0.2, -0.15) is 0 Å². The number of rotatable bonds is 7. The molecule has 144 valence electrons. The molecular weight excluding hydrogens is 354 g/mol. The van der Waals surface area contributed by atoms with E-state index in [1.807, 2.05) is 0 Å². The number of esters is 1. The average Bonchev–Trinajstić information content (AvgIpc) is 2.64. The maximum atomic E-state index is 11.2. The molecule has 1 fully saturated rings. The fourth-order valence-electron chi connectivity index (χ4n) is 2.35. The Labute approximate surface area is 147 Å². The molecule has 5 atom stereocenters. The fourth-order valence-corrected chi connectivity index (χ4v) is 2.35. The van der Waals surface area contributed by atoms with Gasteiger partial charge < -0.3 is 34.3 Å². The molecule has 1 aromatic rings. The Morgan fingerprint density at radius 2 is 1.92 bits per heavy atom. The van der Waals surface area contributed by atoms with E-state index < -0.39 is 54.8 Å². The largest absolute Gasteiger partial charge is 0.467 e. The van der Waals surface area contributed by atoms with E-state index in [2.05, 4.69) is 4.74 Å². The second-order valence-corrected chi connectivity index (χ2v) is 5.43. The van der Waals surface area contributed by atoms with E-state index in [1.165, 1.54) is 24.3 Å². The first-order valence-electron chi connectivity index (χ1n) is 7.59. The van der Waals surface area contributed by atoms with Crippen LogP contribution in [0.1, 0.15) is 0 Å². The van der Waals surface area contributed by atoms with Crippen LogP contribution in [0.3, 0.4) is 0 Å². The quantitative estimate of drug-likeness (QED) is 0.306. The van der Waals surface area contributed by atoms with Crippen molar-refractivity contribution >= 4 is 11.7 Å². The third kappa shape index (κ3) is 4.65. The van der Waals surface area contributed by atoms with Gasteiger partial charge in [0.1, 0.15) is 36.8 Å². The van der Waals surface area contributed by atoms with Crippen LogP contribution in [-0.2, 0) is 19.0 Å². The molecule has 1 aliphatic heterocycles. The van der Waals surface area contributed by atoms with Crippen molar-refractivity contribution in [1.29, 1.82) is 0 Å².